The zero-order valence-corrected chi connectivity index (χ0v) is 12.8. The van der Waals surface area contributed by atoms with Gasteiger partial charge in [-0.2, -0.15) is 0 Å². The van der Waals surface area contributed by atoms with Crippen molar-refractivity contribution in [3.63, 3.8) is 0 Å². The number of amides is 1. The molecule has 0 aromatic heterocycles. The quantitative estimate of drug-likeness (QED) is 0.901. The summed E-state index contributed by atoms with van der Waals surface area (Å²) < 4.78 is 0. The van der Waals surface area contributed by atoms with Crippen LogP contribution < -0.4 is 16.0 Å². The molecule has 0 fully saturated rings. The third-order valence-electron chi connectivity index (χ3n) is 2.11. The maximum absolute atomic E-state index is 11.5. The number of nitrogens with two attached hydrogens (primary N) is 1. The van der Waals surface area contributed by atoms with Gasteiger partial charge in [-0.05, 0) is 19.1 Å². The summed E-state index contributed by atoms with van der Waals surface area (Å²) in [7, 11) is 3.73. The fourth-order valence-corrected chi connectivity index (χ4v) is 1.66. The van der Waals surface area contributed by atoms with Crippen molar-refractivity contribution < 1.29 is 4.79 Å². The summed E-state index contributed by atoms with van der Waals surface area (Å²) in [6.07, 6.45) is 0. The highest BCUT2D eigenvalue weighted by Crippen LogP contribution is 2.32. The minimum atomic E-state index is -0.547. The molecule has 0 aliphatic rings. The lowest BCUT2D eigenvalue weighted by Crippen LogP contribution is -2.33. The van der Waals surface area contributed by atoms with Gasteiger partial charge in [-0.1, -0.05) is 17.7 Å². The van der Waals surface area contributed by atoms with Crippen molar-refractivity contribution in [1.29, 1.82) is 0 Å². The van der Waals surface area contributed by atoms with Crippen LogP contribution in [0.4, 0.5) is 11.4 Å². The van der Waals surface area contributed by atoms with E-state index in [0.29, 0.717) is 10.7 Å². The molecule has 18 heavy (non-hydrogen) atoms. The van der Waals surface area contributed by atoms with E-state index in [4.69, 9.17) is 17.3 Å². The molecular weight excluding hydrogens is 296 g/mol. The molecule has 1 amide bonds. The van der Waals surface area contributed by atoms with Gasteiger partial charge in [0.05, 0.1) is 22.4 Å². The van der Waals surface area contributed by atoms with Crippen LogP contribution in [0.25, 0.3) is 0 Å². The summed E-state index contributed by atoms with van der Waals surface area (Å²) in [4.78, 5) is 13.3. The third kappa shape index (κ3) is 4.90. The van der Waals surface area contributed by atoms with Crippen LogP contribution in [0.15, 0.2) is 18.2 Å². The molecule has 0 spiro atoms. The Hall–Kier alpha value is -0.680. The van der Waals surface area contributed by atoms with E-state index in [9.17, 15) is 4.79 Å². The first-order valence-corrected chi connectivity index (χ1v) is 5.33. The van der Waals surface area contributed by atoms with E-state index in [1.54, 1.807) is 25.1 Å². The third-order valence-corrected chi connectivity index (χ3v) is 2.41. The van der Waals surface area contributed by atoms with E-state index >= 15 is 0 Å². The molecule has 0 unspecified atom stereocenters. The normalized spacial score (nSPS) is 10.7. The van der Waals surface area contributed by atoms with Gasteiger partial charge in [0.15, 0.2) is 0 Å². The van der Waals surface area contributed by atoms with Gasteiger partial charge in [0.1, 0.15) is 0 Å². The molecule has 1 aromatic carbocycles. The number of nitrogens with one attached hydrogen (secondary N) is 1. The number of benzene rings is 1. The van der Waals surface area contributed by atoms with Crippen LogP contribution in [0, 0.1) is 0 Å². The van der Waals surface area contributed by atoms with Gasteiger partial charge in [0.2, 0.25) is 5.91 Å². The lowest BCUT2D eigenvalue weighted by molar-refractivity contribution is -0.117. The van der Waals surface area contributed by atoms with Gasteiger partial charge in [-0.25, -0.2) is 0 Å². The van der Waals surface area contributed by atoms with Gasteiger partial charge in [0.25, 0.3) is 0 Å². The van der Waals surface area contributed by atoms with E-state index in [1.165, 1.54) is 0 Å². The second kappa shape index (κ2) is 8.43. The lowest BCUT2D eigenvalue weighted by atomic mass is 10.2. The van der Waals surface area contributed by atoms with Gasteiger partial charge in [-0.15, -0.1) is 24.8 Å². The number of carbonyl (C=O) groups excluding carboxylic acids is 1. The summed E-state index contributed by atoms with van der Waals surface area (Å²) in [6.45, 7) is 1.63. The largest absolute Gasteiger partial charge is 0.375 e. The minimum absolute atomic E-state index is 0. The van der Waals surface area contributed by atoms with Crippen LogP contribution in [-0.2, 0) is 4.79 Å². The molecule has 1 aromatic rings. The molecule has 1 atom stereocenters. The van der Waals surface area contributed by atoms with Crippen molar-refractivity contribution in [3.8, 4) is 0 Å². The summed E-state index contributed by atoms with van der Waals surface area (Å²) in [5, 5.41) is 3.33. The topological polar surface area (TPSA) is 58.4 Å². The zero-order valence-electron chi connectivity index (χ0n) is 10.4. The smallest absolute Gasteiger partial charge is 0.241 e. The summed E-state index contributed by atoms with van der Waals surface area (Å²) in [5.41, 5.74) is 6.93. The average Bonchev–Trinajstić information content (AvgIpc) is 2.16. The van der Waals surface area contributed by atoms with Gasteiger partial charge in [0, 0.05) is 14.1 Å². The molecular formula is C11H18Cl3N3O. The number of anilines is 2. The zero-order chi connectivity index (χ0) is 12.3. The molecule has 3 N–H and O–H groups in total. The number of carbonyl (C=O) groups is 1. The minimum Gasteiger partial charge on any atom is -0.375 e. The molecule has 104 valence electrons. The second-order valence-corrected chi connectivity index (χ2v) is 4.22. The first-order valence-electron chi connectivity index (χ1n) is 4.95. The van der Waals surface area contributed by atoms with Gasteiger partial charge < -0.3 is 16.0 Å². The van der Waals surface area contributed by atoms with Crippen LogP contribution in [-0.4, -0.2) is 26.0 Å². The van der Waals surface area contributed by atoms with E-state index < -0.39 is 6.04 Å². The van der Waals surface area contributed by atoms with E-state index in [0.717, 1.165) is 5.69 Å². The summed E-state index contributed by atoms with van der Waals surface area (Å²) in [6, 6.07) is 4.81. The number of para-hydroxylation sites is 1. The van der Waals surface area contributed by atoms with Crippen LogP contribution in [0.3, 0.4) is 0 Å². The molecule has 7 heteroatoms. The predicted octanol–water partition coefficient (Wildman–Crippen LogP) is 2.54. The van der Waals surface area contributed by atoms with Crippen LogP contribution in [0.1, 0.15) is 6.92 Å². The fourth-order valence-electron chi connectivity index (χ4n) is 1.32. The standard InChI is InChI=1S/C11H16ClN3O.2ClH/c1-7(13)11(16)14-9-6-4-5-8(12)10(9)15(2)3;;/h4-7H,13H2,1-3H3,(H,14,16);2*1H/t7-;;/m0../s1. The van der Waals surface area contributed by atoms with Crippen molar-refractivity contribution in [2.75, 3.05) is 24.3 Å². The Balaban J connectivity index is 0. The van der Waals surface area contributed by atoms with E-state index in [2.05, 4.69) is 5.32 Å². The van der Waals surface area contributed by atoms with Gasteiger partial charge in [-0.3, -0.25) is 4.79 Å². The number of hydrogen-bond acceptors (Lipinski definition) is 3. The first-order chi connectivity index (χ1) is 7.43. The average molecular weight is 315 g/mol. The Morgan fingerprint density at radius 1 is 1.39 bits per heavy atom. The number of rotatable bonds is 3. The van der Waals surface area contributed by atoms with E-state index in [1.807, 2.05) is 19.0 Å². The number of halogens is 3. The second-order valence-electron chi connectivity index (χ2n) is 3.81. The summed E-state index contributed by atoms with van der Waals surface area (Å²) >= 11 is 6.06. The molecule has 0 aliphatic carbocycles. The summed E-state index contributed by atoms with van der Waals surface area (Å²) in [5.74, 6) is -0.231. The van der Waals surface area contributed by atoms with Crippen molar-refractivity contribution in [3.05, 3.63) is 23.2 Å². The maximum atomic E-state index is 11.5. The predicted molar refractivity (Wildman–Crippen MR) is 82.6 cm³/mol. The highest BCUT2D eigenvalue weighted by atomic mass is 35.5. The van der Waals surface area contributed by atoms with Crippen LogP contribution in [0.2, 0.25) is 5.02 Å². The van der Waals surface area contributed by atoms with Gasteiger partial charge >= 0.3 is 0 Å². The number of hydrogen-bond donors (Lipinski definition) is 2. The fraction of sp³-hybridized carbons (Fsp3) is 0.364. The highest BCUT2D eigenvalue weighted by molar-refractivity contribution is 6.34. The molecule has 0 heterocycles. The molecule has 0 saturated carbocycles. The van der Waals surface area contributed by atoms with Crippen LogP contribution >= 0.6 is 36.4 Å². The molecule has 0 aliphatic heterocycles. The van der Waals surface area contributed by atoms with E-state index in [-0.39, 0.29) is 30.7 Å². The highest BCUT2D eigenvalue weighted by Gasteiger charge is 2.13. The Morgan fingerprint density at radius 2 is 1.94 bits per heavy atom. The monoisotopic (exact) mass is 313 g/mol. The number of nitrogens with zero attached hydrogens (tertiary/aromatic N) is 1. The van der Waals surface area contributed by atoms with Crippen LogP contribution in [0.5, 0.6) is 0 Å². The molecule has 0 bridgehead atoms. The van der Waals surface area contributed by atoms with Crippen molar-refractivity contribution in [1.82, 2.24) is 0 Å². The lowest BCUT2D eigenvalue weighted by Gasteiger charge is -2.19. The molecule has 4 nitrogen and oxygen atoms in total. The Bertz CT molecular complexity index is 397. The molecule has 0 radical (unpaired) electrons. The van der Waals surface area contributed by atoms with Crippen molar-refractivity contribution in [2.24, 2.45) is 5.73 Å². The molecule has 1 rings (SSSR count). The SMILES string of the molecule is C[C@H](N)C(=O)Nc1cccc(Cl)c1N(C)C.Cl.Cl. The van der Waals surface area contributed by atoms with Crippen molar-refractivity contribution >= 4 is 53.7 Å². The Labute approximate surface area is 125 Å². The Kier molecular flexibility index (Phi) is 9.20. The Morgan fingerprint density at radius 3 is 2.39 bits per heavy atom. The first kappa shape index (κ1) is 19.7. The van der Waals surface area contributed by atoms with Crippen molar-refractivity contribution in [2.45, 2.75) is 13.0 Å². The molecule has 0 saturated heterocycles. The maximum Gasteiger partial charge on any atom is 0.241 e.